The van der Waals surface area contributed by atoms with Crippen LogP contribution in [0.3, 0.4) is 0 Å². The summed E-state index contributed by atoms with van der Waals surface area (Å²) in [6.07, 6.45) is 6.85. The van der Waals surface area contributed by atoms with E-state index in [1.807, 2.05) is 0 Å². The minimum Gasteiger partial charge on any atom is -0.299 e. The van der Waals surface area contributed by atoms with Crippen LogP contribution in [0.15, 0.2) is 48.5 Å². The summed E-state index contributed by atoms with van der Waals surface area (Å²) in [7, 11) is 9.04. The lowest BCUT2D eigenvalue weighted by atomic mass is 10.0. The van der Waals surface area contributed by atoms with Crippen molar-refractivity contribution in [3.05, 3.63) is 59.7 Å². The lowest BCUT2D eigenvalue weighted by Crippen LogP contribution is -2.41. The largest absolute Gasteiger partial charge is 0.299 e. The van der Waals surface area contributed by atoms with E-state index in [1.165, 1.54) is 42.6 Å². The van der Waals surface area contributed by atoms with Gasteiger partial charge in [-0.05, 0) is 54.7 Å². The first-order valence-electron chi connectivity index (χ1n) is 12.0. The van der Waals surface area contributed by atoms with Gasteiger partial charge in [0.15, 0.2) is 0 Å². The lowest BCUT2D eigenvalue weighted by Gasteiger charge is -2.29. The molecule has 170 valence electrons. The summed E-state index contributed by atoms with van der Waals surface area (Å²) in [5.41, 5.74) is 5.02. The van der Waals surface area contributed by atoms with Crippen LogP contribution in [0.4, 0.5) is 11.4 Å². The molecule has 0 aliphatic carbocycles. The third kappa shape index (κ3) is 7.90. The van der Waals surface area contributed by atoms with Gasteiger partial charge in [-0.25, -0.2) is 0 Å². The molecule has 0 aromatic heterocycles. The maximum Gasteiger partial charge on any atom is 0.137 e. The number of quaternary nitrogens is 2. The van der Waals surface area contributed by atoms with E-state index < -0.39 is 0 Å². The predicted molar refractivity (Wildman–Crippen MR) is 137 cm³/mol. The maximum absolute atomic E-state index is 12.5. The van der Waals surface area contributed by atoms with Crippen LogP contribution in [0.1, 0.15) is 57.1 Å². The fourth-order valence-corrected chi connectivity index (χ4v) is 4.05. The Balaban J connectivity index is 1.86. The quantitative estimate of drug-likeness (QED) is 0.352. The second-order valence-corrected chi connectivity index (χ2v) is 10.1. The first-order chi connectivity index (χ1) is 14.7. The molecule has 0 N–H and O–H groups in total. The number of carbonyl (C=O) groups is 1. The van der Waals surface area contributed by atoms with E-state index in [0.29, 0.717) is 18.6 Å². The molecule has 3 nitrogen and oxygen atoms in total. The van der Waals surface area contributed by atoms with Crippen LogP contribution in [0.25, 0.3) is 0 Å². The van der Waals surface area contributed by atoms with Crippen LogP contribution in [0.2, 0.25) is 0 Å². The van der Waals surface area contributed by atoms with Crippen LogP contribution in [-0.2, 0) is 17.6 Å². The van der Waals surface area contributed by atoms with Gasteiger partial charge in [0, 0.05) is 12.8 Å². The highest BCUT2D eigenvalue weighted by Gasteiger charge is 2.19. The first-order valence-corrected chi connectivity index (χ1v) is 12.0. The third-order valence-corrected chi connectivity index (χ3v) is 6.51. The molecule has 0 atom stereocenters. The van der Waals surface area contributed by atoms with Gasteiger partial charge >= 0.3 is 0 Å². The van der Waals surface area contributed by atoms with Gasteiger partial charge < -0.3 is 0 Å². The zero-order chi connectivity index (χ0) is 22.9. The molecule has 0 fully saturated rings. The summed E-state index contributed by atoms with van der Waals surface area (Å²) in [5.74, 6) is 0.315. The number of hydrogen-bond donors (Lipinski definition) is 0. The highest BCUT2D eigenvalue weighted by Crippen LogP contribution is 2.22. The Kier molecular flexibility index (Phi) is 9.46. The van der Waals surface area contributed by atoms with E-state index in [4.69, 9.17) is 0 Å². The minimum absolute atomic E-state index is 0.315. The van der Waals surface area contributed by atoms with E-state index in [9.17, 15) is 4.79 Å². The van der Waals surface area contributed by atoms with Crippen LogP contribution >= 0.6 is 0 Å². The van der Waals surface area contributed by atoms with Crippen LogP contribution in [0.5, 0.6) is 0 Å². The van der Waals surface area contributed by atoms with Gasteiger partial charge in [0.1, 0.15) is 17.2 Å². The van der Waals surface area contributed by atoms with Crippen molar-refractivity contribution in [1.82, 2.24) is 8.97 Å². The predicted octanol–water partition coefficient (Wildman–Crippen LogP) is 6.17. The summed E-state index contributed by atoms with van der Waals surface area (Å²) in [5, 5.41) is 0. The smallest absolute Gasteiger partial charge is 0.137 e. The highest BCUT2D eigenvalue weighted by molar-refractivity contribution is 5.81. The Hall–Kier alpha value is -1.97. The van der Waals surface area contributed by atoms with E-state index in [0.717, 1.165) is 34.0 Å². The molecule has 2 aromatic rings. The first kappa shape index (κ1) is 25.3. The van der Waals surface area contributed by atoms with Gasteiger partial charge in [-0.2, -0.15) is 0 Å². The molecule has 0 heterocycles. The molecule has 0 spiro atoms. The normalized spacial score (nSPS) is 12.2. The van der Waals surface area contributed by atoms with Crippen molar-refractivity contribution >= 4 is 17.2 Å². The molecular weight excluding hydrogens is 380 g/mol. The summed E-state index contributed by atoms with van der Waals surface area (Å²) in [6.45, 7) is 6.77. The van der Waals surface area contributed by atoms with E-state index in [1.54, 1.807) is 0 Å². The number of ketones is 1. The van der Waals surface area contributed by atoms with Crippen LogP contribution in [0, 0.1) is 0 Å². The fraction of sp³-hybridized carbons (Fsp3) is 0.536. The van der Waals surface area contributed by atoms with Gasteiger partial charge in [-0.3, -0.25) is 13.8 Å². The SMILES string of the molecule is CCCC[N+](C)(C)c1ccc(CCC(=O)Cc2ccc([N+](C)(C)CCCC)cc2)cc1. The van der Waals surface area contributed by atoms with Crippen molar-refractivity contribution in [3.63, 3.8) is 0 Å². The standard InChI is InChI=1S/C28H44N2O/c1-7-9-21-29(3,4)26-16-11-24(12-17-26)15-20-28(31)23-25-13-18-27(19-14-25)30(5,6)22-10-8-2/h11-14,16-19H,7-10,15,20-23H2,1-6H3/q+2. The highest BCUT2D eigenvalue weighted by atomic mass is 16.1. The summed E-state index contributed by atoms with van der Waals surface area (Å²) in [6, 6.07) is 17.5. The number of rotatable bonds is 13. The number of carbonyl (C=O) groups excluding carboxylic acids is 1. The number of hydrogen-bond acceptors (Lipinski definition) is 1. The van der Waals surface area contributed by atoms with Gasteiger partial charge in [-0.15, -0.1) is 0 Å². The lowest BCUT2D eigenvalue weighted by molar-refractivity contribution is -0.118. The number of benzene rings is 2. The molecule has 0 amide bonds. The number of Topliss-reactive ketones (excluding diaryl/α,β-unsaturated/α-hetero) is 1. The molecule has 3 heteroatoms. The Morgan fingerprint density at radius 2 is 1.10 bits per heavy atom. The summed E-state index contributed by atoms with van der Waals surface area (Å²) in [4.78, 5) is 12.5. The molecule has 0 aliphatic rings. The molecule has 0 radical (unpaired) electrons. The van der Waals surface area contributed by atoms with Crippen LogP contribution in [-0.4, -0.2) is 47.1 Å². The van der Waals surface area contributed by atoms with E-state index in [2.05, 4.69) is 90.6 Å². The van der Waals surface area contributed by atoms with Gasteiger partial charge in [-0.1, -0.05) is 51.0 Å². The molecule has 0 unspecified atom stereocenters. The van der Waals surface area contributed by atoms with Crippen LogP contribution < -0.4 is 8.97 Å². The Morgan fingerprint density at radius 1 is 0.677 bits per heavy atom. The third-order valence-electron chi connectivity index (χ3n) is 6.51. The second kappa shape index (κ2) is 11.6. The van der Waals surface area contributed by atoms with Gasteiger partial charge in [0.25, 0.3) is 0 Å². The topological polar surface area (TPSA) is 17.1 Å². The van der Waals surface area contributed by atoms with Crippen molar-refractivity contribution in [2.24, 2.45) is 0 Å². The molecule has 31 heavy (non-hydrogen) atoms. The van der Waals surface area contributed by atoms with Crippen molar-refractivity contribution < 1.29 is 4.79 Å². The fourth-order valence-electron chi connectivity index (χ4n) is 4.05. The zero-order valence-electron chi connectivity index (χ0n) is 20.8. The maximum atomic E-state index is 12.5. The zero-order valence-corrected chi connectivity index (χ0v) is 20.8. The van der Waals surface area contributed by atoms with E-state index in [-0.39, 0.29) is 0 Å². The van der Waals surface area contributed by atoms with Crippen molar-refractivity contribution in [1.29, 1.82) is 0 Å². The average Bonchev–Trinajstić information content (AvgIpc) is 2.75. The number of unbranched alkanes of at least 4 members (excludes halogenated alkanes) is 2. The summed E-state index contributed by atoms with van der Waals surface area (Å²) >= 11 is 0. The van der Waals surface area contributed by atoms with Crippen molar-refractivity contribution in [2.45, 2.75) is 58.8 Å². The molecule has 2 rings (SSSR count). The van der Waals surface area contributed by atoms with Crippen molar-refractivity contribution in [2.75, 3.05) is 41.3 Å². The Labute approximate surface area is 190 Å². The molecule has 2 aromatic carbocycles. The van der Waals surface area contributed by atoms with Gasteiger partial charge in [0.2, 0.25) is 0 Å². The Morgan fingerprint density at radius 3 is 1.52 bits per heavy atom. The molecular formula is C28H44N2O+2. The second-order valence-electron chi connectivity index (χ2n) is 10.1. The van der Waals surface area contributed by atoms with Crippen molar-refractivity contribution in [3.8, 4) is 0 Å². The molecule has 0 bridgehead atoms. The van der Waals surface area contributed by atoms with Gasteiger partial charge in [0.05, 0.1) is 41.3 Å². The molecule has 0 aliphatic heterocycles. The molecule has 0 saturated heterocycles. The summed E-state index contributed by atoms with van der Waals surface area (Å²) < 4.78 is 1.81. The van der Waals surface area contributed by atoms with E-state index >= 15 is 0 Å². The molecule has 0 saturated carbocycles. The monoisotopic (exact) mass is 424 g/mol. The number of nitrogens with zero attached hydrogens (tertiary/aromatic N) is 2. The number of aryl methyl sites for hydroxylation is 1. The average molecular weight is 425 g/mol. The Bertz CT molecular complexity index is 804. The minimum atomic E-state index is 0.315.